The standard InChI is InChI=1S/C35H38FNO9S/c1-3-30(38)32-28-21-27(23-9-10-23)29(22-31(28)46-33(32)25-11-13-26(36)14-12-25)37(47(2,41)42)15-16-43-17-18-44-19-20-45-34(35(39)40)24-7-5-4-6-8-24/h4-8,11-14,21-23,34H,3,9-10,15-20H2,1-2H3,(H,39,40). The van der Waals surface area contributed by atoms with Gasteiger partial charge in [-0.15, -0.1) is 0 Å². The van der Waals surface area contributed by atoms with Gasteiger partial charge in [0.2, 0.25) is 10.0 Å². The number of aliphatic carboxylic acids is 1. The summed E-state index contributed by atoms with van der Waals surface area (Å²) in [7, 11) is -3.73. The number of halogens is 1. The first-order valence-electron chi connectivity index (χ1n) is 15.5. The maximum atomic E-state index is 13.7. The molecule has 47 heavy (non-hydrogen) atoms. The van der Waals surface area contributed by atoms with Crippen molar-refractivity contribution >= 4 is 38.4 Å². The molecular weight excluding hydrogens is 629 g/mol. The molecule has 1 N–H and O–H groups in total. The Bertz CT molecular complexity index is 1800. The van der Waals surface area contributed by atoms with Crippen molar-refractivity contribution in [1.82, 2.24) is 0 Å². The Morgan fingerprint density at radius 3 is 2.26 bits per heavy atom. The molecule has 10 nitrogen and oxygen atoms in total. The number of carbonyl (C=O) groups is 2. The molecule has 1 atom stereocenters. The van der Waals surface area contributed by atoms with E-state index in [1.54, 1.807) is 55.5 Å². The first kappa shape index (κ1) is 34.2. The lowest BCUT2D eigenvalue weighted by Crippen LogP contribution is -2.34. The molecule has 1 aliphatic rings. The number of hydrogen-bond donors (Lipinski definition) is 1. The second-order valence-corrected chi connectivity index (χ2v) is 13.2. The van der Waals surface area contributed by atoms with E-state index in [1.807, 2.05) is 6.07 Å². The summed E-state index contributed by atoms with van der Waals surface area (Å²) in [6, 6.07) is 17.9. The third kappa shape index (κ3) is 8.44. The van der Waals surface area contributed by atoms with Crippen molar-refractivity contribution in [2.75, 3.05) is 50.1 Å². The highest BCUT2D eigenvalue weighted by Gasteiger charge is 2.33. The molecule has 0 radical (unpaired) electrons. The molecular formula is C35H38FNO9S. The molecule has 12 heteroatoms. The molecule has 1 fully saturated rings. The third-order valence-corrected chi connectivity index (χ3v) is 9.06. The molecule has 5 rings (SSSR count). The van der Waals surface area contributed by atoms with E-state index in [1.165, 1.54) is 16.4 Å². The summed E-state index contributed by atoms with van der Waals surface area (Å²) in [4.78, 5) is 24.7. The number of ketones is 1. The Balaban J connectivity index is 1.24. The van der Waals surface area contributed by atoms with Gasteiger partial charge in [0.15, 0.2) is 11.9 Å². The molecule has 1 aliphatic carbocycles. The molecule has 3 aromatic carbocycles. The normalized spacial score (nSPS) is 13.9. The average molecular weight is 668 g/mol. The van der Waals surface area contributed by atoms with Gasteiger partial charge in [0.1, 0.15) is 17.2 Å². The molecule has 0 saturated heterocycles. The third-order valence-electron chi connectivity index (χ3n) is 7.88. The van der Waals surface area contributed by atoms with E-state index in [2.05, 4.69) is 0 Å². The number of sulfonamides is 1. The summed E-state index contributed by atoms with van der Waals surface area (Å²) in [5.74, 6) is -1.16. The predicted octanol–water partition coefficient (Wildman–Crippen LogP) is 6.35. The molecule has 0 amide bonds. The number of fused-ring (bicyclic) bond motifs is 1. The van der Waals surface area contributed by atoms with Gasteiger partial charge in [-0.2, -0.15) is 0 Å². The van der Waals surface area contributed by atoms with Gasteiger partial charge < -0.3 is 23.7 Å². The minimum Gasteiger partial charge on any atom is -0.479 e. The Morgan fingerprint density at radius 2 is 1.64 bits per heavy atom. The second kappa shape index (κ2) is 15.2. The van der Waals surface area contributed by atoms with Crippen LogP contribution in [0.3, 0.4) is 0 Å². The lowest BCUT2D eigenvalue weighted by atomic mass is 9.97. The minimum atomic E-state index is -3.73. The summed E-state index contributed by atoms with van der Waals surface area (Å²) in [6.45, 7) is 2.51. The zero-order valence-corrected chi connectivity index (χ0v) is 27.1. The van der Waals surface area contributed by atoms with Crippen molar-refractivity contribution in [3.8, 4) is 11.3 Å². The van der Waals surface area contributed by atoms with E-state index >= 15 is 0 Å². The zero-order chi connectivity index (χ0) is 33.6. The molecule has 1 unspecified atom stereocenters. The van der Waals surface area contributed by atoms with Crippen LogP contribution in [0.4, 0.5) is 10.1 Å². The number of carbonyl (C=O) groups excluding carboxylic acids is 1. The number of hydrogen-bond acceptors (Lipinski definition) is 8. The van der Waals surface area contributed by atoms with E-state index in [9.17, 15) is 27.5 Å². The van der Waals surface area contributed by atoms with Crippen molar-refractivity contribution in [2.24, 2.45) is 0 Å². The van der Waals surface area contributed by atoms with Crippen LogP contribution in [0.2, 0.25) is 0 Å². The number of furan rings is 1. The Morgan fingerprint density at radius 1 is 0.979 bits per heavy atom. The van der Waals surface area contributed by atoms with Crippen molar-refractivity contribution < 1.29 is 46.1 Å². The van der Waals surface area contributed by atoms with Gasteiger partial charge >= 0.3 is 5.97 Å². The predicted molar refractivity (Wildman–Crippen MR) is 175 cm³/mol. The molecule has 1 heterocycles. The van der Waals surface area contributed by atoms with Gasteiger partial charge in [-0.05, 0) is 60.2 Å². The largest absolute Gasteiger partial charge is 0.479 e. The number of benzene rings is 3. The van der Waals surface area contributed by atoms with Gasteiger partial charge in [-0.1, -0.05) is 37.3 Å². The molecule has 0 aliphatic heterocycles. The number of carboxylic acid groups (broad SMARTS) is 1. The van der Waals surface area contributed by atoms with Gasteiger partial charge in [-0.3, -0.25) is 9.10 Å². The molecule has 0 spiro atoms. The van der Waals surface area contributed by atoms with Gasteiger partial charge in [0.25, 0.3) is 0 Å². The molecule has 0 bridgehead atoms. The fraction of sp³-hybridized carbons (Fsp3) is 0.371. The van der Waals surface area contributed by atoms with Crippen molar-refractivity contribution in [3.63, 3.8) is 0 Å². The van der Waals surface area contributed by atoms with E-state index in [4.69, 9.17) is 18.6 Å². The summed E-state index contributed by atoms with van der Waals surface area (Å²) in [5, 5.41) is 10.1. The molecule has 1 saturated carbocycles. The Labute approximate surface area is 273 Å². The second-order valence-electron chi connectivity index (χ2n) is 11.3. The van der Waals surface area contributed by atoms with Crippen LogP contribution < -0.4 is 4.31 Å². The lowest BCUT2D eigenvalue weighted by Gasteiger charge is -2.25. The highest BCUT2D eigenvalue weighted by molar-refractivity contribution is 7.92. The number of anilines is 1. The van der Waals surface area contributed by atoms with Crippen LogP contribution in [0.5, 0.6) is 0 Å². The number of Topliss-reactive ketones (excluding diaryl/α,β-unsaturated/α-hetero) is 1. The fourth-order valence-corrected chi connectivity index (χ4v) is 6.36. The minimum absolute atomic E-state index is 0.0385. The number of nitrogens with zero attached hydrogens (tertiary/aromatic N) is 1. The molecule has 250 valence electrons. The van der Waals surface area contributed by atoms with Crippen LogP contribution in [0.15, 0.2) is 71.1 Å². The van der Waals surface area contributed by atoms with Crippen LogP contribution in [0.1, 0.15) is 59.7 Å². The van der Waals surface area contributed by atoms with Gasteiger partial charge in [0.05, 0.1) is 57.1 Å². The summed E-state index contributed by atoms with van der Waals surface area (Å²) in [5.41, 5.74) is 3.15. The van der Waals surface area contributed by atoms with Gasteiger partial charge in [0, 0.05) is 23.4 Å². The van der Waals surface area contributed by atoms with Gasteiger partial charge in [-0.25, -0.2) is 17.6 Å². The van der Waals surface area contributed by atoms with Crippen LogP contribution in [-0.2, 0) is 29.0 Å². The summed E-state index contributed by atoms with van der Waals surface area (Å²) >= 11 is 0. The van der Waals surface area contributed by atoms with E-state index in [-0.39, 0.29) is 57.7 Å². The SMILES string of the molecule is CCC(=O)c1c(-c2ccc(F)cc2)oc2cc(N(CCOCCOCCOC(C(=O)O)c3ccccc3)S(C)(=O)=O)c(C3CC3)cc12. The highest BCUT2D eigenvalue weighted by atomic mass is 32.2. The Kier molecular flexibility index (Phi) is 11.1. The first-order chi connectivity index (χ1) is 22.6. The summed E-state index contributed by atoms with van der Waals surface area (Å²) < 4.78 is 63.9. The molecule has 4 aromatic rings. The fourth-order valence-electron chi connectivity index (χ4n) is 5.44. The van der Waals surface area contributed by atoms with Crippen molar-refractivity contribution in [2.45, 2.75) is 38.2 Å². The number of rotatable bonds is 18. The van der Waals surface area contributed by atoms with Crippen LogP contribution in [0, 0.1) is 5.82 Å². The van der Waals surface area contributed by atoms with Crippen LogP contribution in [0.25, 0.3) is 22.3 Å². The highest BCUT2D eigenvalue weighted by Crippen LogP contribution is 2.48. The average Bonchev–Trinajstić information content (AvgIpc) is 3.83. The zero-order valence-electron chi connectivity index (χ0n) is 26.3. The number of carboxylic acids is 1. The maximum Gasteiger partial charge on any atom is 0.337 e. The Hall–Kier alpha value is -4.10. The van der Waals surface area contributed by atoms with Crippen molar-refractivity contribution in [3.05, 3.63) is 89.2 Å². The van der Waals surface area contributed by atoms with Crippen molar-refractivity contribution in [1.29, 1.82) is 0 Å². The first-order valence-corrected chi connectivity index (χ1v) is 17.4. The van der Waals surface area contributed by atoms with E-state index in [0.717, 1.165) is 24.7 Å². The quantitative estimate of drug-likeness (QED) is 0.0952. The monoisotopic (exact) mass is 667 g/mol. The van der Waals surface area contributed by atoms with E-state index < -0.39 is 27.9 Å². The topological polar surface area (TPSA) is 133 Å². The number of ether oxygens (including phenoxy) is 3. The van der Waals surface area contributed by atoms with E-state index in [0.29, 0.717) is 39.1 Å². The van der Waals surface area contributed by atoms with Crippen LogP contribution in [-0.4, -0.2) is 71.1 Å². The maximum absolute atomic E-state index is 13.7. The van der Waals surface area contributed by atoms with Crippen LogP contribution >= 0.6 is 0 Å². The molecule has 1 aromatic heterocycles. The summed E-state index contributed by atoms with van der Waals surface area (Å²) in [6.07, 6.45) is 2.07. The smallest absolute Gasteiger partial charge is 0.337 e. The lowest BCUT2D eigenvalue weighted by molar-refractivity contribution is -0.152.